The van der Waals surface area contributed by atoms with Crippen LogP contribution in [-0.2, 0) is 22.3 Å². The lowest BCUT2D eigenvalue weighted by Crippen LogP contribution is -2.44. The minimum atomic E-state index is 0.225. The van der Waals surface area contributed by atoms with Crippen molar-refractivity contribution in [3.63, 3.8) is 0 Å². The second kappa shape index (κ2) is 7.35. The van der Waals surface area contributed by atoms with Crippen molar-refractivity contribution in [3.8, 4) is 0 Å². The van der Waals surface area contributed by atoms with E-state index >= 15 is 0 Å². The molecule has 0 saturated carbocycles. The standard InChI is InChI=1S/C16H26N4O2/c1-12-18-15-4-7-17-6-3-14(15)16(19-12)20-8-10-22-13(11-20)5-9-21-2/h13,17H,3-11H2,1-2H3. The van der Waals surface area contributed by atoms with Gasteiger partial charge in [-0.05, 0) is 26.3 Å². The van der Waals surface area contributed by atoms with Gasteiger partial charge in [0.05, 0.1) is 18.4 Å². The van der Waals surface area contributed by atoms with Crippen LogP contribution in [-0.4, -0.2) is 62.6 Å². The number of fused-ring (bicyclic) bond motifs is 1. The quantitative estimate of drug-likeness (QED) is 0.884. The average molecular weight is 306 g/mol. The molecular formula is C16H26N4O2. The van der Waals surface area contributed by atoms with E-state index < -0.39 is 0 Å². The van der Waals surface area contributed by atoms with Gasteiger partial charge >= 0.3 is 0 Å². The molecule has 1 unspecified atom stereocenters. The first-order valence-electron chi connectivity index (χ1n) is 8.20. The number of nitrogens with zero attached hydrogens (tertiary/aromatic N) is 3. The third-order valence-corrected chi connectivity index (χ3v) is 4.36. The summed E-state index contributed by atoms with van der Waals surface area (Å²) in [5.74, 6) is 1.99. The molecule has 1 atom stereocenters. The van der Waals surface area contributed by atoms with Gasteiger partial charge in [-0.1, -0.05) is 0 Å². The number of morpholine rings is 1. The van der Waals surface area contributed by atoms with E-state index in [-0.39, 0.29) is 6.10 Å². The number of methoxy groups -OCH3 is 1. The van der Waals surface area contributed by atoms with Crippen LogP contribution in [0.5, 0.6) is 0 Å². The van der Waals surface area contributed by atoms with E-state index in [1.54, 1.807) is 7.11 Å². The Labute approximate surface area is 132 Å². The monoisotopic (exact) mass is 306 g/mol. The predicted molar refractivity (Wildman–Crippen MR) is 85.5 cm³/mol. The molecule has 3 heterocycles. The normalized spacial score (nSPS) is 22.3. The van der Waals surface area contributed by atoms with Crippen LogP contribution < -0.4 is 10.2 Å². The molecule has 2 aliphatic heterocycles. The van der Waals surface area contributed by atoms with Gasteiger partial charge in [-0.25, -0.2) is 9.97 Å². The lowest BCUT2D eigenvalue weighted by Gasteiger charge is -2.35. The third kappa shape index (κ3) is 3.56. The van der Waals surface area contributed by atoms with Crippen LogP contribution in [0.15, 0.2) is 0 Å². The van der Waals surface area contributed by atoms with Crippen molar-refractivity contribution in [2.75, 3.05) is 51.4 Å². The first kappa shape index (κ1) is 15.6. The molecule has 1 saturated heterocycles. The number of nitrogens with one attached hydrogen (secondary N) is 1. The van der Waals surface area contributed by atoms with Crippen LogP contribution in [0.4, 0.5) is 5.82 Å². The van der Waals surface area contributed by atoms with Crippen LogP contribution in [0.2, 0.25) is 0 Å². The first-order chi connectivity index (χ1) is 10.8. The van der Waals surface area contributed by atoms with E-state index in [4.69, 9.17) is 14.5 Å². The fraction of sp³-hybridized carbons (Fsp3) is 0.750. The highest BCUT2D eigenvalue weighted by Crippen LogP contribution is 2.25. The summed E-state index contributed by atoms with van der Waals surface area (Å²) in [6.07, 6.45) is 3.15. The number of ether oxygens (including phenoxy) is 2. The summed E-state index contributed by atoms with van der Waals surface area (Å²) < 4.78 is 11.0. The highest BCUT2D eigenvalue weighted by molar-refractivity contribution is 5.50. The molecule has 1 aromatic heterocycles. The number of hydrogen-bond acceptors (Lipinski definition) is 6. The highest BCUT2D eigenvalue weighted by Gasteiger charge is 2.25. The van der Waals surface area contributed by atoms with Gasteiger partial charge in [0, 0.05) is 45.3 Å². The number of aryl methyl sites for hydroxylation is 1. The lowest BCUT2D eigenvalue weighted by atomic mass is 10.1. The second-order valence-electron chi connectivity index (χ2n) is 5.99. The molecule has 0 radical (unpaired) electrons. The largest absolute Gasteiger partial charge is 0.385 e. The molecule has 3 rings (SSSR count). The summed E-state index contributed by atoms with van der Waals surface area (Å²) in [5, 5.41) is 3.45. The topological polar surface area (TPSA) is 59.5 Å². The molecule has 1 aromatic rings. The van der Waals surface area contributed by atoms with E-state index in [1.165, 1.54) is 11.3 Å². The van der Waals surface area contributed by atoms with Crippen molar-refractivity contribution in [1.29, 1.82) is 0 Å². The number of hydrogen-bond donors (Lipinski definition) is 1. The van der Waals surface area contributed by atoms with Gasteiger partial charge in [0.25, 0.3) is 0 Å². The Balaban J connectivity index is 1.82. The van der Waals surface area contributed by atoms with Gasteiger partial charge in [-0.3, -0.25) is 0 Å². The maximum atomic E-state index is 5.85. The first-order valence-corrected chi connectivity index (χ1v) is 8.20. The summed E-state index contributed by atoms with van der Waals surface area (Å²) in [6.45, 7) is 7.28. The maximum absolute atomic E-state index is 5.85. The Bertz CT molecular complexity index is 509. The summed E-state index contributed by atoms with van der Waals surface area (Å²) in [6, 6.07) is 0. The molecule has 0 aliphatic carbocycles. The second-order valence-corrected chi connectivity index (χ2v) is 5.99. The van der Waals surface area contributed by atoms with Crippen LogP contribution in [0.1, 0.15) is 23.5 Å². The van der Waals surface area contributed by atoms with Gasteiger partial charge in [-0.15, -0.1) is 0 Å². The molecule has 6 heteroatoms. The summed E-state index contributed by atoms with van der Waals surface area (Å²) in [5.41, 5.74) is 2.54. The summed E-state index contributed by atoms with van der Waals surface area (Å²) >= 11 is 0. The Morgan fingerprint density at radius 1 is 1.32 bits per heavy atom. The molecule has 2 aliphatic rings. The summed E-state index contributed by atoms with van der Waals surface area (Å²) in [4.78, 5) is 11.8. The predicted octanol–water partition coefficient (Wildman–Crippen LogP) is 0.715. The maximum Gasteiger partial charge on any atom is 0.135 e. The molecule has 22 heavy (non-hydrogen) atoms. The average Bonchev–Trinajstić information content (AvgIpc) is 2.77. The smallest absolute Gasteiger partial charge is 0.135 e. The van der Waals surface area contributed by atoms with E-state index in [0.717, 1.165) is 70.3 Å². The fourth-order valence-electron chi connectivity index (χ4n) is 3.24. The highest BCUT2D eigenvalue weighted by atomic mass is 16.5. The van der Waals surface area contributed by atoms with Gasteiger partial charge < -0.3 is 19.7 Å². The number of anilines is 1. The minimum Gasteiger partial charge on any atom is -0.385 e. The Morgan fingerprint density at radius 3 is 3.05 bits per heavy atom. The molecule has 1 fully saturated rings. The van der Waals surface area contributed by atoms with E-state index in [0.29, 0.717) is 0 Å². The summed E-state index contributed by atoms with van der Waals surface area (Å²) in [7, 11) is 1.74. The van der Waals surface area contributed by atoms with E-state index in [1.807, 2.05) is 6.92 Å². The van der Waals surface area contributed by atoms with Crippen molar-refractivity contribution >= 4 is 5.82 Å². The molecule has 0 amide bonds. The SMILES string of the molecule is COCCC1CN(c2nc(C)nc3c2CCNCC3)CCO1. The molecule has 6 nitrogen and oxygen atoms in total. The van der Waals surface area contributed by atoms with Crippen LogP contribution in [0.3, 0.4) is 0 Å². The zero-order chi connectivity index (χ0) is 15.4. The van der Waals surface area contributed by atoms with Crippen molar-refractivity contribution in [1.82, 2.24) is 15.3 Å². The van der Waals surface area contributed by atoms with Crippen LogP contribution >= 0.6 is 0 Å². The number of rotatable bonds is 4. The molecular weight excluding hydrogens is 280 g/mol. The molecule has 1 N–H and O–H groups in total. The zero-order valence-electron chi connectivity index (χ0n) is 13.6. The van der Waals surface area contributed by atoms with Crippen LogP contribution in [0.25, 0.3) is 0 Å². The van der Waals surface area contributed by atoms with Gasteiger partial charge in [0.15, 0.2) is 0 Å². The van der Waals surface area contributed by atoms with E-state index in [9.17, 15) is 0 Å². The Kier molecular flexibility index (Phi) is 5.23. The van der Waals surface area contributed by atoms with Gasteiger partial charge in [0.2, 0.25) is 0 Å². The van der Waals surface area contributed by atoms with Crippen LogP contribution in [0, 0.1) is 6.92 Å². The van der Waals surface area contributed by atoms with Crippen molar-refractivity contribution in [3.05, 3.63) is 17.1 Å². The van der Waals surface area contributed by atoms with E-state index in [2.05, 4.69) is 15.2 Å². The van der Waals surface area contributed by atoms with Crippen molar-refractivity contribution < 1.29 is 9.47 Å². The number of aromatic nitrogens is 2. The van der Waals surface area contributed by atoms with Crippen molar-refractivity contribution in [2.45, 2.75) is 32.3 Å². The Hall–Kier alpha value is -1.24. The van der Waals surface area contributed by atoms with Crippen molar-refractivity contribution in [2.24, 2.45) is 0 Å². The third-order valence-electron chi connectivity index (χ3n) is 4.36. The van der Waals surface area contributed by atoms with Gasteiger partial charge in [-0.2, -0.15) is 0 Å². The zero-order valence-corrected chi connectivity index (χ0v) is 13.6. The molecule has 0 spiro atoms. The fourth-order valence-corrected chi connectivity index (χ4v) is 3.24. The van der Waals surface area contributed by atoms with Gasteiger partial charge in [0.1, 0.15) is 11.6 Å². The molecule has 122 valence electrons. The molecule has 0 aromatic carbocycles. The Morgan fingerprint density at radius 2 is 2.18 bits per heavy atom. The lowest BCUT2D eigenvalue weighted by molar-refractivity contribution is 0.0188. The molecule has 0 bridgehead atoms. The minimum absolute atomic E-state index is 0.225.